The van der Waals surface area contributed by atoms with Crippen molar-refractivity contribution in [1.29, 1.82) is 0 Å². The Hall–Kier alpha value is -3.89. The summed E-state index contributed by atoms with van der Waals surface area (Å²) in [7, 11) is 1.50. The van der Waals surface area contributed by atoms with E-state index in [0.29, 0.717) is 0 Å². The minimum Gasteiger partial charge on any atom is -0.322 e. The number of pyridine rings is 1. The first-order valence-corrected chi connectivity index (χ1v) is 9.43. The van der Waals surface area contributed by atoms with E-state index in [0.717, 1.165) is 30.3 Å². The first-order chi connectivity index (χ1) is 15.4. The number of carbonyl (C=O) groups excluding carboxylic acids is 1. The van der Waals surface area contributed by atoms with Crippen LogP contribution in [0.25, 0.3) is 22.3 Å². The van der Waals surface area contributed by atoms with Gasteiger partial charge < -0.3 is 5.32 Å². The summed E-state index contributed by atoms with van der Waals surface area (Å²) in [6.45, 7) is 0. The largest absolute Gasteiger partial charge is 0.417 e. The van der Waals surface area contributed by atoms with Gasteiger partial charge in [-0.05, 0) is 30.3 Å². The monoisotopic (exact) mass is 464 g/mol. The smallest absolute Gasteiger partial charge is 0.322 e. The van der Waals surface area contributed by atoms with Gasteiger partial charge in [-0.25, -0.2) is 4.98 Å². The molecule has 2 heterocycles. The predicted molar refractivity (Wildman–Crippen MR) is 108 cm³/mol. The van der Waals surface area contributed by atoms with Gasteiger partial charge in [0.1, 0.15) is 0 Å². The number of carbonyl (C=O) groups is 1. The molecule has 4 aromatic rings. The Balaban J connectivity index is 1.82. The van der Waals surface area contributed by atoms with Crippen LogP contribution >= 0.6 is 0 Å². The van der Waals surface area contributed by atoms with Crippen LogP contribution in [0, 0.1) is 0 Å². The third kappa shape index (κ3) is 4.38. The second-order valence-corrected chi connectivity index (χ2v) is 7.14. The van der Waals surface area contributed by atoms with Crippen LogP contribution in [0.2, 0.25) is 0 Å². The highest BCUT2D eigenvalue weighted by Crippen LogP contribution is 2.37. The highest BCUT2D eigenvalue weighted by molar-refractivity contribution is 6.12. The molecular weight excluding hydrogens is 450 g/mol. The molecule has 0 fully saturated rings. The van der Waals surface area contributed by atoms with Gasteiger partial charge in [-0.15, -0.1) is 0 Å². The number of alkyl halides is 6. The average molecular weight is 464 g/mol. The Bertz CT molecular complexity index is 1360. The molecule has 0 saturated heterocycles. The summed E-state index contributed by atoms with van der Waals surface area (Å²) < 4.78 is 80.9. The fraction of sp³-hybridized carbons (Fsp3) is 0.136. The van der Waals surface area contributed by atoms with E-state index in [1.807, 2.05) is 0 Å². The number of aryl methyl sites for hydroxylation is 1. The lowest BCUT2D eigenvalue weighted by molar-refractivity contribution is -0.138. The number of nitrogens with one attached hydrogen (secondary N) is 1. The minimum atomic E-state index is -4.67. The number of halogens is 6. The molecule has 0 unspecified atom stereocenters. The van der Waals surface area contributed by atoms with Crippen molar-refractivity contribution in [2.75, 3.05) is 5.32 Å². The van der Waals surface area contributed by atoms with Crippen LogP contribution in [0.4, 0.5) is 32.0 Å². The van der Waals surface area contributed by atoms with Gasteiger partial charge in [0.15, 0.2) is 5.65 Å². The molecule has 0 radical (unpaired) electrons. The van der Waals surface area contributed by atoms with E-state index < -0.39 is 29.4 Å². The van der Waals surface area contributed by atoms with Crippen LogP contribution in [0.3, 0.4) is 0 Å². The zero-order valence-corrected chi connectivity index (χ0v) is 16.8. The number of hydrogen-bond donors (Lipinski definition) is 1. The Morgan fingerprint density at radius 3 is 2.36 bits per heavy atom. The second-order valence-electron chi connectivity index (χ2n) is 7.14. The Morgan fingerprint density at radius 2 is 1.67 bits per heavy atom. The van der Waals surface area contributed by atoms with Crippen LogP contribution in [0.5, 0.6) is 0 Å². The number of nitrogens with zero attached hydrogens (tertiary/aromatic N) is 3. The Morgan fingerprint density at radius 1 is 0.939 bits per heavy atom. The van der Waals surface area contributed by atoms with Crippen molar-refractivity contribution in [3.05, 3.63) is 77.5 Å². The van der Waals surface area contributed by atoms with E-state index in [4.69, 9.17) is 0 Å². The van der Waals surface area contributed by atoms with Crippen LogP contribution in [0.15, 0.2) is 60.8 Å². The van der Waals surface area contributed by atoms with Crippen molar-refractivity contribution >= 4 is 22.6 Å². The second kappa shape index (κ2) is 7.91. The maximum atomic E-state index is 13.5. The van der Waals surface area contributed by atoms with E-state index >= 15 is 0 Å². The van der Waals surface area contributed by atoms with Crippen LogP contribution in [-0.2, 0) is 19.4 Å². The summed E-state index contributed by atoms with van der Waals surface area (Å²) in [5.74, 6) is -0.819. The topological polar surface area (TPSA) is 59.8 Å². The summed E-state index contributed by atoms with van der Waals surface area (Å²) in [4.78, 5) is 17.2. The fourth-order valence-electron chi connectivity index (χ4n) is 3.37. The highest BCUT2D eigenvalue weighted by atomic mass is 19.4. The molecule has 5 nitrogen and oxygen atoms in total. The molecule has 1 N–H and O–H groups in total. The minimum absolute atomic E-state index is 0.0857. The van der Waals surface area contributed by atoms with E-state index in [-0.39, 0.29) is 33.5 Å². The third-order valence-corrected chi connectivity index (χ3v) is 4.91. The maximum Gasteiger partial charge on any atom is 0.417 e. The van der Waals surface area contributed by atoms with Gasteiger partial charge in [-0.1, -0.05) is 24.3 Å². The van der Waals surface area contributed by atoms with Crippen molar-refractivity contribution in [2.24, 2.45) is 7.05 Å². The molecule has 0 aliphatic rings. The summed E-state index contributed by atoms with van der Waals surface area (Å²) in [5.41, 5.74) is -2.35. The predicted octanol–water partition coefficient (Wildman–Crippen LogP) is 5.93. The molecular formula is C22H14F6N4O. The van der Waals surface area contributed by atoms with E-state index in [2.05, 4.69) is 15.4 Å². The molecule has 0 atom stereocenters. The molecule has 0 spiro atoms. The number of fused-ring (bicyclic) bond motifs is 1. The molecule has 11 heteroatoms. The maximum absolute atomic E-state index is 13.5. The van der Waals surface area contributed by atoms with Crippen LogP contribution < -0.4 is 5.32 Å². The molecule has 170 valence electrons. The van der Waals surface area contributed by atoms with Crippen molar-refractivity contribution in [3.63, 3.8) is 0 Å². The number of aromatic nitrogens is 3. The van der Waals surface area contributed by atoms with Gasteiger partial charge in [0.25, 0.3) is 5.91 Å². The summed E-state index contributed by atoms with van der Waals surface area (Å²) in [6, 6.07) is 9.95. The van der Waals surface area contributed by atoms with Gasteiger partial charge in [-0.2, -0.15) is 31.4 Å². The molecule has 2 aromatic heterocycles. The SMILES string of the molecule is Cn1ncc2c(C(=O)Nc3cccc(C(F)(F)F)c3)cc(-c3ccccc3C(F)(F)F)nc21. The Kier molecular flexibility index (Phi) is 5.35. The molecule has 1 amide bonds. The van der Waals surface area contributed by atoms with Crippen LogP contribution in [-0.4, -0.2) is 20.7 Å². The first-order valence-electron chi connectivity index (χ1n) is 9.43. The van der Waals surface area contributed by atoms with Gasteiger partial charge in [0.2, 0.25) is 0 Å². The normalized spacial score (nSPS) is 12.2. The van der Waals surface area contributed by atoms with E-state index in [1.165, 1.54) is 42.2 Å². The molecule has 0 bridgehead atoms. The quantitative estimate of drug-likeness (QED) is 0.383. The summed E-state index contributed by atoms with van der Waals surface area (Å²) >= 11 is 0. The fourth-order valence-corrected chi connectivity index (χ4v) is 3.37. The van der Waals surface area contributed by atoms with Crippen LogP contribution in [0.1, 0.15) is 21.5 Å². The lowest BCUT2D eigenvalue weighted by Gasteiger charge is -2.14. The first kappa shape index (κ1) is 22.3. The number of hydrogen-bond acceptors (Lipinski definition) is 3. The van der Waals surface area contributed by atoms with E-state index in [1.54, 1.807) is 0 Å². The molecule has 2 aromatic carbocycles. The standard InChI is InChI=1S/C22H14F6N4O/c1-32-19-16(11-29-32)15(20(33)30-13-6-4-5-12(9-13)21(23,24)25)10-18(31-19)14-7-2-3-8-17(14)22(26,27)28/h2-11H,1H3,(H,30,33). The highest BCUT2D eigenvalue weighted by Gasteiger charge is 2.34. The number of rotatable bonds is 3. The van der Waals surface area contributed by atoms with E-state index in [9.17, 15) is 31.1 Å². The van der Waals surface area contributed by atoms with Gasteiger partial charge in [0, 0.05) is 18.3 Å². The van der Waals surface area contributed by atoms with Gasteiger partial charge >= 0.3 is 12.4 Å². The van der Waals surface area contributed by atoms with Crippen molar-refractivity contribution in [2.45, 2.75) is 12.4 Å². The molecule has 0 saturated carbocycles. The van der Waals surface area contributed by atoms with Crippen molar-refractivity contribution < 1.29 is 31.1 Å². The number of amides is 1. The zero-order chi connectivity index (χ0) is 24.0. The third-order valence-electron chi connectivity index (χ3n) is 4.91. The van der Waals surface area contributed by atoms with Crippen molar-refractivity contribution in [3.8, 4) is 11.3 Å². The molecule has 4 rings (SSSR count). The van der Waals surface area contributed by atoms with Crippen molar-refractivity contribution in [1.82, 2.24) is 14.8 Å². The molecule has 0 aliphatic heterocycles. The molecule has 0 aliphatic carbocycles. The number of anilines is 1. The van der Waals surface area contributed by atoms with Gasteiger partial charge in [0.05, 0.1) is 34.0 Å². The van der Waals surface area contributed by atoms with Gasteiger partial charge in [-0.3, -0.25) is 9.48 Å². The summed E-state index contributed by atoms with van der Waals surface area (Å²) in [6.07, 6.45) is -7.97. The molecule has 33 heavy (non-hydrogen) atoms. The Labute approximate surface area is 182 Å². The zero-order valence-electron chi connectivity index (χ0n) is 16.8. The lowest BCUT2D eigenvalue weighted by atomic mass is 10.0. The lowest BCUT2D eigenvalue weighted by Crippen LogP contribution is -2.14. The summed E-state index contributed by atoms with van der Waals surface area (Å²) in [5, 5.41) is 6.60. The number of benzene rings is 2. The average Bonchev–Trinajstić information content (AvgIpc) is 3.13.